The van der Waals surface area contributed by atoms with Crippen LogP contribution in [0, 0.1) is 0 Å². The molecule has 0 unspecified atom stereocenters. The quantitative estimate of drug-likeness (QED) is 0.604. The van der Waals surface area contributed by atoms with Crippen LogP contribution in [0.15, 0.2) is 35.9 Å². The van der Waals surface area contributed by atoms with Crippen molar-refractivity contribution in [3.8, 4) is 0 Å². The number of carbonyl (C=O) groups is 1. The summed E-state index contributed by atoms with van der Waals surface area (Å²) >= 11 is 0. The molecule has 0 aliphatic heterocycles. The van der Waals surface area contributed by atoms with Crippen molar-refractivity contribution in [2.75, 3.05) is 25.6 Å². The largest absolute Gasteiger partial charge is 0.465 e. The third kappa shape index (κ3) is 3.92. The molecule has 0 heterocycles. The second kappa shape index (κ2) is 6.70. The SMILES string of the molecule is COC(=O)c1ccccc1NC/C(C)=C/CO. The molecule has 1 rings (SSSR count). The van der Waals surface area contributed by atoms with Crippen molar-refractivity contribution in [1.82, 2.24) is 0 Å². The van der Waals surface area contributed by atoms with Crippen molar-refractivity contribution in [1.29, 1.82) is 0 Å². The molecule has 0 bridgehead atoms. The van der Waals surface area contributed by atoms with Gasteiger partial charge >= 0.3 is 5.97 Å². The number of methoxy groups -OCH3 is 1. The Morgan fingerprint density at radius 1 is 1.47 bits per heavy atom. The molecule has 0 spiro atoms. The Kier molecular flexibility index (Phi) is 5.23. The van der Waals surface area contributed by atoms with Crippen LogP contribution in [0.3, 0.4) is 0 Å². The lowest BCUT2D eigenvalue weighted by Gasteiger charge is -2.10. The Morgan fingerprint density at radius 3 is 2.82 bits per heavy atom. The van der Waals surface area contributed by atoms with Gasteiger partial charge in [-0.05, 0) is 19.1 Å². The summed E-state index contributed by atoms with van der Waals surface area (Å²) in [6, 6.07) is 7.16. The van der Waals surface area contributed by atoms with E-state index in [-0.39, 0.29) is 12.6 Å². The van der Waals surface area contributed by atoms with Gasteiger partial charge < -0.3 is 15.2 Å². The molecule has 0 aliphatic carbocycles. The van der Waals surface area contributed by atoms with Gasteiger partial charge in [-0.1, -0.05) is 23.8 Å². The topological polar surface area (TPSA) is 58.6 Å². The van der Waals surface area contributed by atoms with Crippen LogP contribution in [0.5, 0.6) is 0 Å². The lowest BCUT2D eigenvalue weighted by molar-refractivity contribution is 0.0602. The highest BCUT2D eigenvalue weighted by Crippen LogP contribution is 2.16. The molecule has 4 nitrogen and oxygen atoms in total. The van der Waals surface area contributed by atoms with Gasteiger partial charge in [-0.2, -0.15) is 0 Å². The third-order valence-corrected chi connectivity index (χ3v) is 2.33. The predicted molar refractivity (Wildman–Crippen MR) is 67.1 cm³/mol. The monoisotopic (exact) mass is 235 g/mol. The van der Waals surface area contributed by atoms with Gasteiger partial charge in [0, 0.05) is 12.2 Å². The van der Waals surface area contributed by atoms with Crippen LogP contribution in [0.1, 0.15) is 17.3 Å². The molecule has 1 aromatic carbocycles. The van der Waals surface area contributed by atoms with Gasteiger partial charge in [-0.3, -0.25) is 0 Å². The van der Waals surface area contributed by atoms with Crippen LogP contribution in [-0.2, 0) is 4.74 Å². The van der Waals surface area contributed by atoms with E-state index < -0.39 is 0 Å². The fourth-order valence-corrected chi connectivity index (χ4v) is 1.39. The molecule has 2 N–H and O–H groups in total. The highest BCUT2D eigenvalue weighted by atomic mass is 16.5. The van der Waals surface area contributed by atoms with Crippen molar-refractivity contribution < 1.29 is 14.6 Å². The minimum Gasteiger partial charge on any atom is -0.465 e. The third-order valence-electron chi connectivity index (χ3n) is 2.33. The van der Waals surface area contributed by atoms with Crippen molar-refractivity contribution in [2.24, 2.45) is 0 Å². The second-order valence-corrected chi connectivity index (χ2v) is 3.62. The molecular weight excluding hydrogens is 218 g/mol. The van der Waals surface area contributed by atoms with Crippen LogP contribution in [0.25, 0.3) is 0 Å². The number of benzene rings is 1. The van der Waals surface area contributed by atoms with Gasteiger partial charge in [0.15, 0.2) is 0 Å². The summed E-state index contributed by atoms with van der Waals surface area (Å²) in [7, 11) is 1.36. The summed E-state index contributed by atoms with van der Waals surface area (Å²) in [6.45, 7) is 2.50. The second-order valence-electron chi connectivity index (χ2n) is 3.62. The molecule has 0 atom stereocenters. The number of ether oxygens (including phenoxy) is 1. The van der Waals surface area contributed by atoms with Gasteiger partial charge in [0.1, 0.15) is 0 Å². The number of nitrogens with one attached hydrogen (secondary N) is 1. The van der Waals surface area contributed by atoms with Gasteiger partial charge in [-0.25, -0.2) is 4.79 Å². The van der Waals surface area contributed by atoms with E-state index in [1.165, 1.54) is 7.11 Å². The van der Waals surface area contributed by atoms with Gasteiger partial charge in [0.2, 0.25) is 0 Å². The highest BCUT2D eigenvalue weighted by Gasteiger charge is 2.09. The fourth-order valence-electron chi connectivity index (χ4n) is 1.39. The first-order valence-electron chi connectivity index (χ1n) is 5.36. The molecule has 1 aromatic rings. The maximum atomic E-state index is 11.5. The Morgan fingerprint density at radius 2 is 2.18 bits per heavy atom. The van der Waals surface area contributed by atoms with Crippen molar-refractivity contribution in [3.63, 3.8) is 0 Å². The predicted octanol–water partition coefficient (Wildman–Crippen LogP) is 1.82. The van der Waals surface area contributed by atoms with Crippen LogP contribution >= 0.6 is 0 Å². The van der Waals surface area contributed by atoms with E-state index in [0.29, 0.717) is 12.1 Å². The first-order valence-corrected chi connectivity index (χ1v) is 5.36. The number of rotatable bonds is 5. The summed E-state index contributed by atoms with van der Waals surface area (Å²) in [5.74, 6) is -0.364. The highest BCUT2D eigenvalue weighted by molar-refractivity contribution is 5.95. The molecular formula is C13H17NO3. The smallest absolute Gasteiger partial charge is 0.339 e. The fraction of sp³-hybridized carbons (Fsp3) is 0.308. The Bertz CT molecular complexity index is 413. The zero-order valence-corrected chi connectivity index (χ0v) is 10.1. The molecule has 92 valence electrons. The molecule has 0 aromatic heterocycles. The van der Waals surface area contributed by atoms with Crippen LogP contribution in [0.2, 0.25) is 0 Å². The van der Waals surface area contributed by atoms with Crippen molar-refractivity contribution >= 4 is 11.7 Å². The number of aliphatic hydroxyl groups excluding tert-OH is 1. The van der Waals surface area contributed by atoms with Crippen LogP contribution in [-0.4, -0.2) is 31.3 Å². The number of anilines is 1. The van der Waals surface area contributed by atoms with E-state index in [1.54, 1.807) is 18.2 Å². The van der Waals surface area contributed by atoms with Crippen molar-refractivity contribution in [3.05, 3.63) is 41.5 Å². The number of hydrogen-bond acceptors (Lipinski definition) is 4. The summed E-state index contributed by atoms with van der Waals surface area (Å²) in [5.41, 5.74) is 2.24. The summed E-state index contributed by atoms with van der Waals surface area (Å²) in [5, 5.41) is 11.9. The zero-order valence-electron chi connectivity index (χ0n) is 10.1. The molecule has 0 saturated heterocycles. The lowest BCUT2D eigenvalue weighted by atomic mass is 10.1. The van der Waals surface area contributed by atoms with Gasteiger partial charge in [0.25, 0.3) is 0 Å². The van der Waals surface area contributed by atoms with E-state index in [1.807, 2.05) is 19.1 Å². The number of esters is 1. The van der Waals surface area contributed by atoms with E-state index in [2.05, 4.69) is 5.32 Å². The number of carbonyl (C=O) groups excluding carboxylic acids is 1. The minimum absolute atomic E-state index is 0.0200. The van der Waals surface area contributed by atoms with Gasteiger partial charge in [0.05, 0.1) is 19.3 Å². The first kappa shape index (κ1) is 13.3. The summed E-state index contributed by atoms with van der Waals surface area (Å²) < 4.78 is 4.70. The summed E-state index contributed by atoms with van der Waals surface area (Å²) in [6.07, 6.45) is 1.72. The molecule has 0 saturated carbocycles. The maximum Gasteiger partial charge on any atom is 0.339 e. The first-order chi connectivity index (χ1) is 8.19. The normalized spacial score (nSPS) is 11.1. The average molecular weight is 235 g/mol. The Balaban J connectivity index is 2.77. The zero-order chi connectivity index (χ0) is 12.7. The molecule has 4 heteroatoms. The maximum absolute atomic E-state index is 11.5. The summed E-state index contributed by atoms with van der Waals surface area (Å²) in [4.78, 5) is 11.5. The number of hydrogen-bond donors (Lipinski definition) is 2. The number of para-hydroxylation sites is 1. The van der Waals surface area contributed by atoms with E-state index in [0.717, 1.165) is 11.3 Å². The Labute approximate surface area is 101 Å². The van der Waals surface area contributed by atoms with E-state index in [4.69, 9.17) is 9.84 Å². The van der Waals surface area contributed by atoms with E-state index in [9.17, 15) is 4.79 Å². The number of aliphatic hydroxyl groups is 1. The molecule has 0 fully saturated rings. The van der Waals surface area contributed by atoms with Crippen molar-refractivity contribution in [2.45, 2.75) is 6.92 Å². The average Bonchev–Trinajstić information content (AvgIpc) is 2.36. The standard InChI is InChI=1S/C13H17NO3/c1-10(7-8-15)9-14-12-6-4-3-5-11(12)13(16)17-2/h3-7,14-15H,8-9H2,1-2H3/b10-7+. The van der Waals surface area contributed by atoms with Crippen LogP contribution in [0.4, 0.5) is 5.69 Å². The van der Waals surface area contributed by atoms with E-state index >= 15 is 0 Å². The Hall–Kier alpha value is -1.81. The van der Waals surface area contributed by atoms with Gasteiger partial charge in [-0.15, -0.1) is 0 Å². The molecule has 0 radical (unpaired) electrons. The molecule has 0 aliphatic rings. The molecule has 0 amide bonds. The van der Waals surface area contributed by atoms with Crippen LogP contribution < -0.4 is 5.32 Å². The lowest BCUT2D eigenvalue weighted by Crippen LogP contribution is -2.09. The minimum atomic E-state index is -0.364. The molecule has 17 heavy (non-hydrogen) atoms.